The minimum Gasteiger partial charge on any atom is -0.481 e. The van der Waals surface area contributed by atoms with Gasteiger partial charge in [-0.1, -0.05) is 0 Å². The number of nitrogens with two attached hydrogens (primary N) is 1. The summed E-state index contributed by atoms with van der Waals surface area (Å²) in [5.41, 5.74) is 5.36. The maximum atomic E-state index is 10.4. The zero-order valence-corrected chi connectivity index (χ0v) is 8.32. The second kappa shape index (κ2) is 6.86. The summed E-state index contributed by atoms with van der Waals surface area (Å²) < 4.78 is 5.34. The summed E-state index contributed by atoms with van der Waals surface area (Å²) in [6, 6.07) is 0. The highest BCUT2D eigenvalue weighted by molar-refractivity contribution is 5.67. The summed E-state index contributed by atoms with van der Waals surface area (Å²) in [6.07, 6.45) is 0.997. The lowest BCUT2D eigenvalue weighted by Crippen LogP contribution is -2.20. The largest absolute Gasteiger partial charge is 0.481 e. The van der Waals surface area contributed by atoms with E-state index >= 15 is 0 Å². The third kappa shape index (κ3) is 7.74. The molecule has 1 atom stereocenters. The van der Waals surface area contributed by atoms with Gasteiger partial charge in [0, 0.05) is 0 Å². The van der Waals surface area contributed by atoms with Gasteiger partial charge >= 0.3 is 5.97 Å². The van der Waals surface area contributed by atoms with E-state index in [-0.39, 0.29) is 18.4 Å². The molecule has 0 aromatic heterocycles. The van der Waals surface area contributed by atoms with Crippen LogP contribution in [0.3, 0.4) is 0 Å². The fourth-order valence-electron chi connectivity index (χ4n) is 1.06. The lowest BCUT2D eigenvalue weighted by atomic mass is 10.0. The average Bonchev–Trinajstić information content (AvgIpc) is 1.99. The Morgan fingerprint density at radius 3 is 2.54 bits per heavy atom. The van der Waals surface area contributed by atoms with E-state index < -0.39 is 5.97 Å². The molecule has 0 aromatic carbocycles. The minimum atomic E-state index is -0.786. The number of hydrogen-bond acceptors (Lipinski definition) is 3. The van der Waals surface area contributed by atoms with Crippen molar-refractivity contribution in [2.24, 2.45) is 11.7 Å². The maximum absolute atomic E-state index is 10.4. The smallest absolute Gasteiger partial charge is 0.303 e. The number of aliphatic carboxylic acids is 1. The van der Waals surface area contributed by atoms with Crippen molar-refractivity contribution in [3.63, 3.8) is 0 Å². The van der Waals surface area contributed by atoms with Gasteiger partial charge in [-0.2, -0.15) is 0 Å². The van der Waals surface area contributed by atoms with Crippen LogP contribution in [0.15, 0.2) is 0 Å². The molecular weight excluding hydrogens is 170 g/mol. The van der Waals surface area contributed by atoms with E-state index in [0.29, 0.717) is 19.6 Å². The van der Waals surface area contributed by atoms with Crippen LogP contribution < -0.4 is 5.73 Å². The molecule has 4 heteroatoms. The Morgan fingerprint density at radius 2 is 2.15 bits per heavy atom. The number of carboxylic acids is 1. The molecule has 0 heterocycles. The van der Waals surface area contributed by atoms with Crippen LogP contribution in [-0.2, 0) is 9.53 Å². The molecule has 1 unspecified atom stereocenters. The normalized spacial score (nSPS) is 13.2. The first-order valence-electron chi connectivity index (χ1n) is 4.59. The molecule has 0 spiro atoms. The molecule has 0 aliphatic heterocycles. The van der Waals surface area contributed by atoms with Crippen LogP contribution in [0.5, 0.6) is 0 Å². The molecule has 0 aliphatic carbocycles. The second-order valence-corrected chi connectivity index (χ2v) is 3.42. The van der Waals surface area contributed by atoms with Crippen molar-refractivity contribution in [1.29, 1.82) is 0 Å². The molecule has 0 aromatic rings. The zero-order chi connectivity index (χ0) is 10.3. The highest BCUT2D eigenvalue weighted by Gasteiger charge is 2.13. The van der Waals surface area contributed by atoms with Crippen molar-refractivity contribution < 1.29 is 14.6 Å². The van der Waals surface area contributed by atoms with Crippen molar-refractivity contribution in [2.45, 2.75) is 32.8 Å². The van der Waals surface area contributed by atoms with Crippen LogP contribution >= 0.6 is 0 Å². The highest BCUT2D eigenvalue weighted by Crippen LogP contribution is 2.09. The van der Waals surface area contributed by atoms with Crippen molar-refractivity contribution >= 4 is 5.97 Å². The van der Waals surface area contributed by atoms with Gasteiger partial charge in [-0.15, -0.1) is 0 Å². The van der Waals surface area contributed by atoms with Crippen molar-refractivity contribution in [3.8, 4) is 0 Å². The van der Waals surface area contributed by atoms with Gasteiger partial charge < -0.3 is 15.6 Å². The Labute approximate surface area is 79.1 Å². The minimum absolute atomic E-state index is 0.0462. The zero-order valence-electron chi connectivity index (χ0n) is 8.32. The molecule has 0 bridgehead atoms. The third-order valence-corrected chi connectivity index (χ3v) is 1.70. The summed E-state index contributed by atoms with van der Waals surface area (Å²) in [6.45, 7) is 4.86. The predicted molar refractivity (Wildman–Crippen MR) is 50.5 cm³/mol. The summed E-state index contributed by atoms with van der Waals surface area (Å²) in [5.74, 6) is -0.740. The SMILES string of the molecule is CC(C)OCC(CCN)CC(=O)O. The quantitative estimate of drug-likeness (QED) is 0.622. The summed E-state index contributed by atoms with van der Waals surface area (Å²) in [7, 11) is 0. The van der Waals surface area contributed by atoms with Gasteiger partial charge in [-0.25, -0.2) is 0 Å². The van der Waals surface area contributed by atoms with E-state index in [4.69, 9.17) is 15.6 Å². The highest BCUT2D eigenvalue weighted by atomic mass is 16.5. The molecule has 0 saturated heterocycles. The molecule has 13 heavy (non-hydrogen) atoms. The van der Waals surface area contributed by atoms with Crippen LogP contribution in [-0.4, -0.2) is 30.3 Å². The van der Waals surface area contributed by atoms with Crippen molar-refractivity contribution in [1.82, 2.24) is 0 Å². The molecular formula is C9H19NO3. The van der Waals surface area contributed by atoms with Crippen LogP contribution in [0.2, 0.25) is 0 Å². The standard InChI is InChI=1S/C9H19NO3/c1-7(2)13-6-8(3-4-10)5-9(11)12/h7-8H,3-6,10H2,1-2H3,(H,11,12). The summed E-state index contributed by atoms with van der Waals surface area (Å²) in [5, 5.41) is 8.58. The Kier molecular flexibility index (Phi) is 6.54. The van der Waals surface area contributed by atoms with Crippen LogP contribution in [0.25, 0.3) is 0 Å². The fourth-order valence-corrected chi connectivity index (χ4v) is 1.06. The topological polar surface area (TPSA) is 72.5 Å². The predicted octanol–water partition coefficient (Wildman–Crippen LogP) is 0.851. The van der Waals surface area contributed by atoms with Gasteiger partial charge in [-0.3, -0.25) is 4.79 Å². The molecule has 0 radical (unpaired) electrons. The first-order chi connectivity index (χ1) is 6.06. The molecule has 3 N–H and O–H groups in total. The molecule has 0 fully saturated rings. The Hall–Kier alpha value is -0.610. The van der Waals surface area contributed by atoms with E-state index in [1.807, 2.05) is 13.8 Å². The van der Waals surface area contributed by atoms with Crippen molar-refractivity contribution in [2.75, 3.05) is 13.2 Å². The summed E-state index contributed by atoms with van der Waals surface area (Å²) >= 11 is 0. The number of ether oxygens (including phenoxy) is 1. The van der Waals surface area contributed by atoms with Gasteiger partial charge in [0.05, 0.1) is 19.1 Å². The van der Waals surface area contributed by atoms with Gasteiger partial charge in [0.25, 0.3) is 0 Å². The first-order valence-corrected chi connectivity index (χ1v) is 4.59. The van der Waals surface area contributed by atoms with Crippen LogP contribution in [0.1, 0.15) is 26.7 Å². The van der Waals surface area contributed by atoms with Crippen molar-refractivity contribution in [3.05, 3.63) is 0 Å². The molecule has 78 valence electrons. The molecule has 0 saturated carbocycles. The number of carbonyl (C=O) groups is 1. The summed E-state index contributed by atoms with van der Waals surface area (Å²) in [4.78, 5) is 10.4. The molecule has 0 aliphatic rings. The van der Waals surface area contributed by atoms with Gasteiger partial charge in [0.2, 0.25) is 0 Å². The van der Waals surface area contributed by atoms with Gasteiger partial charge in [-0.05, 0) is 32.7 Å². The average molecular weight is 189 g/mol. The Bertz CT molecular complexity index is 148. The number of rotatable bonds is 7. The van der Waals surface area contributed by atoms with Gasteiger partial charge in [0.1, 0.15) is 0 Å². The number of carboxylic acid groups (broad SMARTS) is 1. The lowest BCUT2D eigenvalue weighted by molar-refractivity contribution is -0.138. The van der Waals surface area contributed by atoms with E-state index in [1.165, 1.54) is 0 Å². The van der Waals surface area contributed by atoms with Gasteiger partial charge in [0.15, 0.2) is 0 Å². The van der Waals surface area contributed by atoms with Crippen LogP contribution in [0.4, 0.5) is 0 Å². The first kappa shape index (κ1) is 12.4. The van der Waals surface area contributed by atoms with Crippen LogP contribution in [0, 0.1) is 5.92 Å². The van der Waals surface area contributed by atoms with E-state index in [9.17, 15) is 4.79 Å². The van der Waals surface area contributed by atoms with E-state index in [1.54, 1.807) is 0 Å². The maximum Gasteiger partial charge on any atom is 0.303 e. The van der Waals surface area contributed by atoms with E-state index in [0.717, 1.165) is 0 Å². The molecule has 0 rings (SSSR count). The third-order valence-electron chi connectivity index (χ3n) is 1.70. The Balaban J connectivity index is 3.72. The Morgan fingerprint density at radius 1 is 1.54 bits per heavy atom. The fraction of sp³-hybridized carbons (Fsp3) is 0.889. The monoisotopic (exact) mass is 189 g/mol. The molecule has 4 nitrogen and oxygen atoms in total. The number of hydrogen-bond donors (Lipinski definition) is 2. The second-order valence-electron chi connectivity index (χ2n) is 3.42. The van der Waals surface area contributed by atoms with E-state index in [2.05, 4.69) is 0 Å². The molecule has 0 amide bonds. The lowest BCUT2D eigenvalue weighted by Gasteiger charge is -2.15.